The molecule has 0 unspecified atom stereocenters. The van der Waals surface area contributed by atoms with E-state index in [0.29, 0.717) is 6.61 Å². The molecule has 0 amide bonds. The molecule has 1 N–H and O–H groups in total. The van der Waals surface area contributed by atoms with Crippen molar-refractivity contribution in [1.82, 2.24) is 4.98 Å². The molecular formula is C15H11ClFNO. The first-order valence-electron chi connectivity index (χ1n) is 5.86. The molecule has 2 nitrogen and oxygen atoms in total. The van der Waals surface area contributed by atoms with E-state index < -0.39 is 5.82 Å². The van der Waals surface area contributed by atoms with Gasteiger partial charge in [0.25, 0.3) is 0 Å². The first-order chi connectivity index (χ1) is 9.22. The molecule has 3 rings (SSSR count). The average Bonchev–Trinajstić information content (AvgIpc) is 2.87. The first-order valence-corrected chi connectivity index (χ1v) is 6.24. The molecule has 3 aromatic rings. The van der Waals surface area contributed by atoms with Crippen LogP contribution in [0.3, 0.4) is 0 Å². The number of aromatic amines is 1. The molecule has 0 saturated heterocycles. The fraction of sp³-hybridized carbons (Fsp3) is 0.0667. The molecule has 0 fully saturated rings. The predicted octanol–water partition coefficient (Wildman–Crippen LogP) is 4.54. The minimum absolute atomic E-state index is 0.113. The molecule has 0 aliphatic rings. The van der Waals surface area contributed by atoms with Gasteiger partial charge in [0.2, 0.25) is 0 Å². The average molecular weight is 276 g/mol. The van der Waals surface area contributed by atoms with Crippen LogP contribution in [0, 0.1) is 5.82 Å². The van der Waals surface area contributed by atoms with Gasteiger partial charge in [-0.3, -0.25) is 0 Å². The van der Waals surface area contributed by atoms with Crippen molar-refractivity contribution >= 4 is 22.5 Å². The van der Waals surface area contributed by atoms with E-state index in [0.717, 1.165) is 22.2 Å². The second-order valence-corrected chi connectivity index (χ2v) is 4.67. The van der Waals surface area contributed by atoms with E-state index in [1.54, 1.807) is 12.1 Å². The van der Waals surface area contributed by atoms with Crippen molar-refractivity contribution in [3.8, 4) is 5.75 Å². The minimum atomic E-state index is -0.417. The van der Waals surface area contributed by atoms with Crippen LogP contribution in [-0.4, -0.2) is 4.98 Å². The van der Waals surface area contributed by atoms with Gasteiger partial charge < -0.3 is 9.72 Å². The van der Waals surface area contributed by atoms with Crippen molar-refractivity contribution < 1.29 is 9.13 Å². The minimum Gasteiger partial charge on any atom is -0.489 e. The number of fused-ring (bicyclic) bond motifs is 1. The van der Waals surface area contributed by atoms with Gasteiger partial charge in [-0.15, -0.1) is 0 Å². The number of H-pyrrole nitrogens is 1. The molecule has 0 aliphatic heterocycles. The van der Waals surface area contributed by atoms with Crippen LogP contribution in [0.1, 0.15) is 5.56 Å². The summed E-state index contributed by atoms with van der Waals surface area (Å²) in [5, 5.41) is 1.21. The summed E-state index contributed by atoms with van der Waals surface area (Å²) in [7, 11) is 0. The number of ether oxygens (including phenoxy) is 1. The van der Waals surface area contributed by atoms with Crippen molar-refractivity contribution in [1.29, 1.82) is 0 Å². The highest BCUT2D eigenvalue weighted by molar-refractivity contribution is 6.30. The zero-order chi connectivity index (χ0) is 13.2. The van der Waals surface area contributed by atoms with Crippen molar-refractivity contribution in [2.24, 2.45) is 0 Å². The Labute approximate surface area is 114 Å². The summed E-state index contributed by atoms with van der Waals surface area (Å²) in [5.74, 6) is 0.353. The molecule has 1 heterocycles. The van der Waals surface area contributed by atoms with E-state index in [9.17, 15) is 4.39 Å². The maximum absolute atomic E-state index is 13.0. The highest BCUT2D eigenvalue weighted by Crippen LogP contribution is 2.21. The molecule has 19 heavy (non-hydrogen) atoms. The van der Waals surface area contributed by atoms with E-state index in [4.69, 9.17) is 16.3 Å². The number of hydrogen-bond acceptors (Lipinski definition) is 1. The third kappa shape index (κ3) is 2.56. The Morgan fingerprint density at radius 1 is 1.11 bits per heavy atom. The number of halogens is 2. The Morgan fingerprint density at radius 2 is 2.00 bits per heavy atom. The molecule has 1 aromatic heterocycles. The van der Waals surface area contributed by atoms with E-state index in [-0.39, 0.29) is 5.02 Å². The fourth-order valence-electron chi connectivity index (χ4n) is 1.92. The summed E-state index contributed by atoms with van der Waals surface area (Å²) >= 11 is 5.72. The Kier molecular flexibility index (Phi) is 3.13. The third-order valence-corrected chi connectivity index (χ3v) is 3.20. The van der Waals surface area contributed by atoms with Crippen LogP contribution in [0.4, 0.5) is 4.39 Å². The van der Waals surface area contributed by atoms with Gasteiger partial charge >= 0.3 is 0 Å². The Hall–Kier alpha value is -2.00. The molecule has 2 aromatic carbocycles. The Balaban J connectivity index is 1.75. The first kappa shape index (κ1) is 12.1. The van der Waals surface area contributed by atoms with E-state index >= 15 is 0 Å². The largest absolute Gasteiger partial charge is 0.489 e. The van der Waals surface area contributed by atoms with Crippen LogP contribution in [0.25, 0.3) is 10.9 Å². The summed E-state index contributed by atoms with van der Waals surface area (Å²) in [6.45, 7) is 0.357. The summed E-state index contributed by atoms with van der Waals surface area (Å²) in [6.07, 6.45) is 1.88. The van der Waals surface area contributed by atoms with Crippen LogP contribution in [0.15, 0.2) is 48.7 Å². The van der Waals surface area contributed by atoms with Crippen molar-refractivity contribution in [2.75, 3.05) is 0 Å². The quantitative estimate of drug-likeness (QED) is 0.746. The number of rotatable bonds is 3. The molecule has 0 spiro atoms. The SMILES string of the molecule is Fc1ccc(COc2ccc3[nH]ccc3c2)cc1Cl. The van der Waals surface area contributed by atoms with Crippen molar-refractivity contribution in [3.63, 3.8) is 0 Å². The van der Waals surface area contributed by atoms with Gasteiger partial charge in [0, 0.05) is 17.1 Å². The number of aromatic nitrogens is 1. The Morgan fingerprint density at radius 3 is 2.84 bits per heavy atom. The van der Waals surface area contributed by atoms with E-state index in [1.165, 1.54) is 6.07 Å². The molecule has 0 bridgehead atoms. The fourth-order valence-corrected chi connectivity index (χ4v) is 2.12. The zero-order valence-electron chi connectivity index (χ0n) is 9.99. The third-order valence-electron chi connectivity index (χ3n) is 2.91. The molecule has 4 heteroatoms. The lowest BCUT2D eigenvalue weighted by Gasteiger charge is -2.07. The van der Waals surface area contributed by atoms with Gasteiger partial charge in [-0.25, -0.2) is 4.39 Å². The lowest BCUT2D eigenvalue weighted by Crippen LogP contribution is -1.95. The van der Waals surface area contributed by atoms with Crippen LogP contribution in [0.5, 0.6) is 5.75 Å². The zero-order valence-corrected chi connectivity index (χ0v) is 10.7. The standard InChI is InChI=1S/C15H11ClFNO/c16-13-7-10(1-3-14(13)17)9-19-12-2-4-15-11(8-12)5-6-18-15/h1-8,18H,9H2. The van der Waals surface area contributed by atoms with Crippen molar-refractivity contribution in [2.45, 2.75) is 6.61 Å². The lowest BCUT2D eigenvalue weighted by atomic mass is 10.2. The van der Waals surface area contributed by atoms with Crippen LogP contribution < -0.4 is 4.74 Å². The normalized spacial score (nSPS) is 10.8. The number of benzene rings is 2. The van der Waals surface area contributed by atoms with Crippen molar-refractivity contribution in [3.05, 3.63) is 65.1 Å². The summed E-state index contributed by atoms with van der Waals surface area (Å²) in [4.78, 5) is 3.12. The second kappa shape index (κ2) is 4.94. The van der Waals surface area contributed by atoms with Crippen LogP contribution in [0.2, 0.25) is 5.02 Å². The molecular weight excluding hydrogens is 265 g/mol. The van der Waals surface area contributed by atoms with Crippen LogP contribution >= 0.6 is 11.6 Å². The number of nitrogens with one attached hydrogen (secondary N) is 1. The lowest BCUT2D eigenvalue weighted by molar-refractivity contribution is 0.306. The van der Waals surface area contributed by atoms with Gasteiger partial charge in [0.05, 0.1) is 5.02 Å². The molecule has 0 aliphatic carbocycles. The molecule has 0 radical (unpaired) electrons. The van der Waals surface area contributed by atoms with Gasteiger partial charge in [-0.2, -0.15) is 0 Å². The smallest absolute Gasteiger partial charge is 0.141 e. The van der Waals surface area contributed by atoms with Gasteiger partial charge in [-0.1, -0.05) is 17.7 Å². The molecule has 0 atom stereocenters. The van der Waals surface area contributed by atoms with E-state index in [2.05, 4.69) is 4.98 Å². The molecule has 0 saturated carbocycles. The summed E-state index contributed by atoms with van der Waals surface area (Å²) in [5.41, 5.74) is 1.90. The van der Waals surface area contributed by atoms with Crippen LogP contribution in [-0.2, 0) is 6.61 Å². The maximum atomic E-state index is 13.0. The van der Waals surface area contributed by atoms with Gasteiger partial charge in [0.15, 0.2) is 0 Å². The monoisotopic (exact) mass is 275 g/mol. The maximum Gasteiger partial charge on any atom is 0.141 e. The molecule has 96 valence electrons. The van der Waals surface area contributed by atoms with Gasteiger partial charge in [0.1, 0.15) is 18.2 Å². The number of hydrogen-bond donors (Lipinski definition) is 1. The summed E-state index contributed by atoms with van der Waals surface area (Å²) in [6, 6.07) is 12.4. The second-order valence-electron chi connectivity index (χ2n) is 4.26. The highest BCUT2D eigenvalue weighted by Gasteiger charge is 2.02. The highest BCUT2D eigenvalue weighted by atomic mass is 35.5. The van der Waals surface area contributed by atoms with Gasteiger partial charge in [-0.05, 0) is 42.0 Å². The predicted molar refractivity (Wildman–Crippen MR) is 74.0 cm³/mol. The van der Waals surface area contributed by atoms with E-state index in [1.807, 2.05) is 30.5 Å². The topological polar surface area (TPSA) is 25.0 Å². The Bertz CT molecular complexity index is 723. The summed E-state index contributed by atoms with van der Waals surface area (Å²) < 4.78 is 18.7.